The van der Waals surface area contributed by atoms with Crippen molar-refractivity contribution in [3.05, 3.63) is 94.5 Å². The summed E-state index contributed by atoms with van der Waals surface area (Å²) in [4.78, 5) is 0. The fraction of sp³-hybridized carbons (Fsp3) is 0.280. The third kappa shape index (κ3) is 2.68. The van der Waals surface area contributed by atoms with Crippen LogP contribution < -0.4 is 0 Å². The van der Waals surface area contributed by atoms with E-state index in [0.29, 0.717) is 0 Å². The van der Waals surface area contributed by atoms with E-state index in [0.717, 1.165) is 12.0 Å². The Morgan fingerprint density at radius 2 is 1.46 bits per heavy atom. The molecule has 4 rings (SSSR count). The maximum atomic E-state index is 10.5. The van der Waals surface area contributed by atoms with Crippen molar-refractivity contribution in [2.45, 2.75) is 45.1 Å². The predicted molar refractivity (Wildman–Crippen MR) is 108 cm³/mol. The third-order valence-electron chi connectivity index (χ3n) is 5.72. The fourth-order valence-corrected chi connectivity index (χ4v) is 4.35. The Morgan fingerprint density at radius 1 is 0.808 bits per heavy atom. The average molecular weight is 342 g/mol. The lowest BCUT2D eigenvalue weighted by atomic mass is 9.81. The summed E-state index contributed by atoms with van der Waals surface area (Å²) < 4.78 is 0. The van der Waals surface area contributed by atoms with Crippen LogP contribution >= 0.6 is 0 Å². The highest BCUT2D eigenvalue weighted by Gasteiger charge is 2.35. The first-order valence-corrected chi connectivity index (χ1v) is 9.32. The first-order chi connectivity index (χ1) is 12.3. The van der Waals surface area contributed by atoms with Gasteiger partial charge >= 0.3 is 0 Å². The van der Waals surface area contributed by atoms with E-state index in [4.69, 9.17) is 0 Å². The molecule has 3 aromatic rings. The predicted octanol–water partition coefficient (Wildman–Crippen LogP) is 5.81. The quantitative estimate of drug-likeness (QED) is 0.637. The monoisotopic (exact) mass is 342 g/mol. The Bertz CT molecular complexity index is 973. The van der Waals surface area contributed by atoms with Gasteiger partial charge in [-0.15, -0.1) is 0 Å². The van der Waals surface area contributed by atoms with Crippen molar-refractivity contribution in [3.63, 3.8) is 0 Å². The van der Waals surface area contributed by atoms with E-state index >= 15 is 0 Å². The minimum Gasteiger partial charge on any atom is -0.386 e. The summed E-state index contributed by atoms with van der Waals surface area (Å²) in [5.41, 5.74) is 8.19. The fourth-order valence-electron chi connectivity index (χ4n) is 4.35. The van der Waals surface area contributed by atoms with E-state index in [2.05, 4.69) is 68.4 Å². The van der Waals surface area contributed by atoms with Gasteiger partial charge in [0.15, 0.2) is 0 Å². The van der Waals surface area contributed by atoms with Gasteiger partial charge in [-0.1, -0.05) is 80.6 Å². The van der Waals surface area contributed by atoms with Gasteiger partial charge in [-0.3, -0.25) is 0 Å². The molecule has 0 atom stereocenters. The number of aliphatic hydroxyl groups is 1. The molecule has 0 heterocycles. The summed E-state index contributed by atoms with van der Waals surface area (Å²) in [5.74, 6) is 0. The summed E-state index contributed by atoms with van der Waals surface area (Å²) in [6.45, 7) is 8.33. The van der Waals surface area contributed by atoms with Gasteiger partial charge in [0.2, 0.25) is 0 Å². The van der Waals surface area contributed by atoms with E-state index in [9.17, 15) is 5.11 Å². The van der Waals surface area contributed by atoms with Crippen LogP contribution in [0.1, 0.15) is 55.5 Å². The zero-order chi connectivity index (χ0) is 18.5. The summed E-state index contributed by atoms with van der Waals surface area (Å²) in [5, 5.41) is 10.5. The Balaban J connectivity index is 1.76. The number of benzene rings is 3. The molecule has 0 saturated heterocycles. The largest absolute Gasteiger partial charge is 0.386 e. The number of fused-ring (bicyclic) bond motifs is 3. The summed E-state index contributed by atoms with van der Waals surface area (Å²) in [6.07, 6.45) is 0.833. The molecule has 0 saturated carbocycles. The van der Waals surface area contributed by atoms with Gasteiger partial charge in [-0.05, 0) is 59.2 Å². The van der Waals surface area contributed by atoms with Crippen LogP contribution in [0.3, 0.4) is 0 Å². The summed E-state index contributed by atoms with van der Waals surface area (Å²) in [6, 6.07) is 23.8. The lowest BCUT2D eigenvalue weighted by Crippen LogP contribution is -2.18. The van der Waals surface area contributed by atoms with E-state index in [1.807, 2.05) is 26.0 Å². The van der Waals surface area contributed by atoms with Gasteiger partial charge in [0.05, 0.1) is 5.60 Å². The normalized spacial score (nSPS) is 14.8. The lowest BCUT2D eigenvalue weighted by molar-refractivity contribution is 0.0777. The summed E-state index contributed by atoms with van der Waals surface area (Å²) in [7, 11) is 0. The van der Waals surface area contributed by atoms with Gasteiger partial charge in [0.1, 0.15) is 0 Å². The molecule has 132 valence electrons. The smallest absolute Gasteiger partial charge is 0.0843 e. The molecule has 1 N–H and O–H groups in total. The average Bonchev–Trinajstić information content (AvgIpc) is 2.83. The SMILES string of the molecule is CC(C)(O)c1ccccc1Cc1ccc2c(c1)C(C)(C)c1ccccc1-2. The molecule has 3 aromatic carbocycles. The Hall–Kier alpha value is -2.38. The second-order valence-electron chi connectivity index (χ2n) is 8.44. The highest BCUT2D eigenvalue weighted by molar-refractivity contribution is 5.80. The van der Waals surface area contributed by atoms with Crippen LogP contribution in [0, 0.1) is 0 Å². The Kier molecular flexibility index (Phi) is 3.82. The van der Waals surface area contributed by atoms with Crippen molar-refractivity contribution in [3.8, 4) is 11.1 Å². The number of rotatable bonds is 3. The Labute approximate surface area is 156 Å². The van der Waals surface area contributed by atoms with Crippen LogP contribution in [0.25, 0.3) is 11.1 Å². The van der Waals surface area contributed by atoms with Crippen LogP contribution in [-0.2, 0) is 17.4 Å². The zero-order valence-electron chi connectivity index (χ0n) is 16.0. The van der Waals surface area contributed by atoms with Gasteiger partial charge in [-0.25, -0.2) is 0 Å². The molecule has 0 aromatic heterocycles. The molecule has 0 aliphatic heterocycles. The molecule has 26 heavy (non-hydrogen) atoms. The van der Waals surface area contributed by atoms with Crippen LogP contribution in [-0.4, -0.2) is 5.11 Å². The van der Waals surface area contributed by atoms with E-state index in [1.54, 1.807) is 0 Å². The summed E-state index contributed by atoms with van der Waals surface area (Å²) >= 11 is 0. The van der Waals surface area contributed by atoms with Gasteiger partial charge in [-0.2, -0.15) is 0 Å². The van der Waals surface area contributed by atoms with Crippen molar-refractivity contribution in [2.24, 2.45) is 0 Å². The second-order valence-corrected chi connectivity index (χ2v) is 8.44. The van der Waals surface area contributed by atoms with Crippen LogP contribution in [0.2, 0.25) is 0 Å². The molecule has 1 aliphatic rings. The second kappa shape index (κ2) is 5.82. The first kappa shape index (κ1) is 17.1. The standard InChI is InChI=1S/C25H26O/c1-24(2)22-12-8-6-10-19(22)20-14-13-17(16-23(20)24)15-18-9-5-7-11-21(18)25(3,4)26/h5-14,16,26H,15H2,1-4H3. The van der Waals surface area contributed by atoms with E-state index in [1.165, 1.54) is 33.4 Å². The van der Waals surface area contributed by atoms with Gasteiger partial charge < -0.3 is 5.11 Å². The van der Waals surface area contributed by atoms with Crippen molar-refractivity contribution in [1.82, 2.24) is 0 Å². The third-order valence-corrected chi connectivity index (χ3v) is 5.72. The van der Waals surface area contributed by atoms with Crippen LogP contribution in [0.5, 0.6) is 0 Å². The topological polar surface area (TPSA) is 20.2 Å². The van der Waals surface area contributed by atoms with E-state index in [-0.39, 0.29) is 5.41 Å². The molecule has 1 heteroatoms. The number of hydrogen-bond donors (Lipinski definition) is 1. The molecular formula is C25H26O. The highest BCUT2D eigenvalue weighted by atomic mass is 16.3. The molecule has 0 spiro atoms. The molecule has 0 radical (unpaired) electrons. The highest BCUT2D eigenvalue weighted by Crippen LogP contribution is 2.48. The molecule has 0 bridgehead atoms. The van der Waals surface area contributed by atoms with Crippen molar-refractivity contribution in [2.75, 3.05) is 0 Å². The van der Waals surface area contributed by atoms with Gasteiger partial charge in [0, 0.05) is 5.41 Å². The molecule has 0 amide bonds. The van der Waals surface area contributed by atoms with Crippen LogP contribution in [0.4, 0.5) is 0 Å². The number of hydrogen-bond acceptors (Lipinski definition) is 1. The van der Waals surface area contributed by atoms with Crippen LogP contribution in [0.15, 0.2) is 66.7 Å². The maximum absolute atomic E-state index is 10.5. The van der Waals surface area contributed by atoms with Gasteiger partial charge in [0.25, 0.3) is 0 Å². The van der Waals surface area contributed by atoms with Crippen molar-refractivity contribution < 1.29 is 5.11 Å². The molecule has 0 unspecified atom stereocenters. The minimum absolute atomic E-state index is 0.0255. The van der Waals surface area contributed by atoms with Crippen molar-refractivity contribution >= 4 is 0 Å². The maximum Gasteiger partial charge on any atom is 0.0843 e. The lowest BCUT2D eigenvalue weighted by Gasteiger charge is -2.23. The molecular weight excluding hydrogens is 316 g/mol. The van der Waals surface area contributed by atoms with Crippen molar-refractivity contribution in [1.29, 1.82) is 0 Å². The Morgan fingerprint density at radius 3 is 2.23 bits per heavy atom. The molecule has 1 nitrogen and oxygen atoms in total. The zero-order valence-corrected chi connectivity index (χ0v) is 16.0. The molecule has 1 aliphatic carbocycles. The minimum atomic E-state index is -0.831. The first-order valence-electron chi connectivity index (χ1n) is 9.32. The molecule has 0 fully saturated rings. The van der Waals surface area contributed by atoms with E-state index < -0.39 is 5.60 Å².